The van der Waals surface area contributed by atoms with Crippen LogP contribution in [0.15, 0.2) is 53.8 Å². The van der Waals surface area contributed by atoms with Crippen LogP contribution in [0.3, 0.4) is 0 Å². The highest BCUT2D eigenvalue weighted by atomic mass is 32.2. The van der Waals surface area contributed by atoms with Crippen molar-refractivity contribution in [1.29, 1.82) is 0 Å². The van der Waals surface area contributed by atoms with Gasteiger partial charge in [-0.05, 0) is 18.2 Å². The summed E-state index contributed by atoms with van der Waals surface area (Å²) in [6, 6.07) is 8.51. The third kappa shape index (κ3) is 2.50. The van der Waals surface area contributed by atoms with E-state index < -0.39 is 10.0 Å². The SMILES string of the molecule is O=S(=O)(c1cccnc1)N1CC(Oc2ccccn2)C1. The van der Waals surface area contributed by atoms with E-state index in [0.29, 0.717) is 19.0 Å². The molecule has 0 atom stereocenters. The molecule has 0 spiro atoms. The van der Waals surface area contributed by atoms with E-state index in [1.165, 1.54) is 16.6 Å². The zero-order valence-corrected chi connectivity index (χ0v) is 11.4. The van der Waals surface area contributed by atoms with Crippen LogP contribution in [0.25, 0.3) is 0 Å². The average Bonchev–Trinajstić information content (AvgIpc) is 2.44. The Labute approximate surface area is 117 Å². The first-order chi connectivity index (χ1) is 9.66. The van der Waals surface area contributed by atoms with Crippen LogP contribution in [-0.2, 0) is 10.0 Å². The predicted molar refractivity (Wildman–Crippen MR) is 71.6 cm³/mol. The Hall–Kier alpha value is -1.99. The number of rotatable bonds is 4. The van der Waals surface area contributed by atoms with Crippen molar-refractivity contribution >= 4 is 10.0 Å². The molecular formula is C13H13N3O3S. The van der Waals surface area contributed by atoms with Crippen LogP contribution in [0, 0.1) is 0 Å². The molecule has 0 aromatic carbocycles. The van der Waals surface area contributed by atoms with Gasteiger partial charge in [0.25, 0.3) is 0 Å². The smallest absolute Gasteiger partial charge is 0.244 e. The average molecular weight is 291 g/mol. The molecule has 0 saturated carbocycles. The van der Waals surface area contributed by atoms with Crippen LogP contribution in [-0.4, -0.2) is 41.9 Å². The highest BCUT2D eigenvalue weighted by molar-refractivity contribution is 7.89. The van der Waals surface area contributed by atoms with Gasteiger partial charge in [0.2, 0.25) is 15.9 Å². The fourth-order valence-electron chi connectivity index (χ4n) is 1.91. The molecule has 0 unspecified atom stereocenters. The molecule has 20 heavy (non-hydrogen) atoms. The van der Waals surface area contributed by atoms with Gasteiger partial charge in [-0.15, -0.1) is 0 Å². The quantitative estimate of drug-likeness (QED) is 0.838. The fraction of sp³-hybridized carbons (Fsp3) is 0.231. The Morgan fingerprint density at radius 1 is 1.15 bits per heavy atom. The van der Waals surface area contributed by atoms with Crippen molar-refractivity contribution in [2.75, 3.05) is 13.1 Å². The molecule has 0 bridgehead atoms. The maximum atomic E-state index is 12.2. The van der Waals surface area contributed by atoms with Gasteiger partial charge in [-0.2, -0.15) is 4.31 Å². The van der Waals surface area contributed by atoms with E-state index in [4.69, 9.17) is 4.74 Å². The standard InChI is InChI=1S/C13H13N3O3S/c17-20(18,12-4-3-6-14-8-12)16-9-11(10-16)19-13-5-1-2-7-15-13/h1-8,11H,9-10H2. The van der Waals surface area contributed by atoms with Crippen molar-refractivity contribution in [1.82, 2.24) is 14.3 Å². The van der Waals surface area contributed by atoms with Crippen LogP contribution >= 0.6 is 0 Å². The maximum Gasteiger partial charge on any atom is 0.244 e. The normalized spacial score (nSPS) is 16.6. The number of hydrogen-bond donors (Lipinski definition) is 0. The van der Waals surface area contributed by atoms with Gasteiger partial charge in [0.15, 0.2) is 0 Å². The topological polar surface area (TPSA) is 72.4 Å². The lowest BCUT2D eigenvalue weighted by atomic mass is 10.2. The molecule has 0 amide bonds. The van der Waals surface area contributed by atoms with Gasteiger partial charge in [0.1, 0.15) is 11.0 Å². The van der Waals surface area contributed by atoms with Crippen molar-refractivity contribution in [3.05, 3.63) is 48.9 Å². The highest BCUT2D eigenvalue weighted by Gasteiger charge is 2.38. The number of hydrogen-bond acceptors (Lipinski definition) is 5. The molecular weight excluding hydrogens is 278 g/mol. The number of pyridine rings is 2. The van der Waals surface area contributed by atoms with E-state index in [9.17, 15) is 8.42 Å². The monoisotopic (exact) mass is 291 g/mol. The summed E-state index contributed by atoms with van der Waals surface area (Å²) in [7, 11) is -3.46. The zero-order chi connectivity index (χ0) is 14.0. The maximum absolute atomic E-state index is 12.2. The third-order valence-electron chi connectivity index (χ3n) is 3.01. The van der Waals surface area contributed by atoms with E-state index in [0.717, 1.165) is 0 Å². The Balaban J connectivity index is 1.63. The summed E-state index contributed by atoms with van der Waals surface area (Å²) in [5.41, 5.74) is 0. The fourth-order valence-corrected chi connectivity index (χ4v) is 3.38. The Bertz CT molecular complexity index is 671. The molecule has 2 aromatic heterocycles. The van der Waals surface area contributed by atoms with Gasteiger partial charge in [-0.3, -0.25) is 4.98 Å². The Morgan fingerprint density at radius 3 is 2.65 bits per heavy atom. The summed E-state index contributed by atoms with van der Waals surface area (Å²) >= 11 is 0. The van der Waals surface area contributed by atoms with Gasteiger partial charge in [0, 0.05) is 24.7 Å². The minimum Gasteiger partial charge on any atom is -0.472 e. The van der Waals surface area contributed by atoms with Crippen LogP contribution in [0.4, 0.5) is 0 Å². The zero-order valence-electron chi connectivity index (χ0n) is 10.6. The molecule has 3 heterocycles. The summed E-state index contributed by atoms with van der Waals surface area (Å²) in [4.78, 5) is 8.08. The van der Waals surface area contributed by atoms with Crippen molar-refractivity contribution in [3.8, 4) is 5.88 Å². The summed E-state index contributed by atoms with van der Waals surface area (Å²) in [6.07, 6.45) is 4.37. The summed E-state index contributed by atoms with van der Waals surface area (Å²) in [6.45, 7) is 0.654. The van der Waals surface area contributed by atoms with Crippen LogP contribution in [0.2, 0.25) is 0 Å². The van der Waals surface area contributed by atoms with Gasteiger partial charge >= 0.3 is 0 Å². The second-order valence-corrected chi connectivity index (χ2v) is 6.36. The molecule has 2 aromatic rings. The molecule has 0 radical (unpaired) electrons. The first-order valence-electron chi connectivity index (χ1n) is 6.14. The minimum atomic E-state index is -3.46. The molecule has 7 heteroatoms. The van der Waals surface area contributed by atoms with E-state index in [-0.39, 0.29) is 11.0 Å². The van der Waals surface area contributed by atoms with Crippen LogP contribution in [0.1, 0.15) is 0 Å². The third-order valence-corrected chi connectivity index (χ3v) is 4.83. The van der Waals surface area contributed by atoms with Gasteiger partial charge in [-0.1, -0.05) is 6.07 Å². The lowest BCUT2D eigenvalue weighted by molar-refractivity contribution is 0.0721. The molecule has 6 nitrogen and oxygen atoms in total. The van der Waals surface area contributed by atoms with Gasteiger partial charge in [0.05, 0.1) is 13.1 Å². The summed E-state index contributed by atoms with van der Waals surface area (Å²) in [5.74, 6) is 0.510. The number of ether oxygens (including phenoxy) is 1. The van der Waals surface area contributed by atoms with E-state index >= 15 is 0 Å². The number of aromatic nitrogens is 2. The lowest BCUT2D eigenvalue weighted by Gasteiger charge is -2.37. The largest absolute Gasteiger partial charge is 0.472 e. The molecule has 1 aliphatic heterocycles. The second kappa shape index (κ2) is 5.18. The van der Waals surface area contributed by atoms with Crippen molar-refractivity contribution in [2.45, 2.75) is 11.0 Å². The predicted octanol–water partition coefficient (Wildman–Crippen LogP) is 0.928. The molecule has 0 aliphatic carbocycles. The van der Waals surface area contributed by atoms with Crippen LogP contribution in [0.5, 0.6) is 5.88 Å². The van der Waals surface area contributed by atoms with Crippen LogP contribution < -0.4 is 4.74 Å². The summed E-state index contributed by atoms with van der Waals surface area (Å²) < 4.78 is 31.4. The van der Waals surface area contributed by atoms with E-state index in [2.05, 4.69) is 9.97 Å². The first-order valence-corrected chi connectivity index (χ1v) is 7.58. The second-order valence-electron chi connectivity index (χ2n) is 4.42. The number of sulfonamides is 1. The number of nitrogens with zero attached hydrogens (tertiary/aromatic N) is 3. The molecule has 1 fully saturated rings. The first kappa shape index (κ1) is 13.0. The van der Waals surface area contributed by atoms with Crippen molar-refractivity contribution in [2.24, 2.45) is 0 Å². The van der Waals surface area contributed by atoms with E-state index in [1.54, 1.807) is 30.6 Å². The van der Waals surface area contributed by atoms with Crippen molar-refractivity contribution < 1.29 is 13.2 Å². The minimum absolute atomic E-state index is 0.156. The highest BCUT2D eigenvalue weighted by Crippen LogP contribution is 2.23. The van der Waals surface area contributed by atoms with Crippen molar-refractivity contribution in [3.63, 3.8) is 0 Å². The Morgan fingerprint density at radius 2 is 2.00 bits per heavy atom. The van der Waals surface area contributed by atoms with Gasteiger partial charge < -0.3 is 4.74 Å². The summed E-state index contributed by atoms with van der Waals surface area (Å²) in [5, 5.41) is 0. The lowest BCUT2D eigenvalue weighted by Crippen LogP contribution is -2.56. The van der Waals surface area contributed by atoms with Gasteiger partial charge in [-0.25, -0.2) is 13.4 Å². The molecule has 3 rings (SSSR count). The molecule has 1 aliphatic rings. The van der Waals surface area contributed by atoms with E-state index in [1.807, 2.05) is 6.07 Å². The molecule has 104 valence electrons. The molecule has 1 saturated heterocycles. The Kier molecular flexibility index (Phi) is 3.37. The molecule has 0 N–H and O–H groups in total.